The number of carbonyl (C=O) groups excluding carboxylic acids is 1. The standard InChI is InChI=1S/C22H23N3O3/c1-27-19-9-8-17(12-20(19)28-2)22(26)23-13-15-5-3-6-16(11-15)18-14-25-10-4-7-21(25)24-18/h3,5-6,8-9,11-12,14H,4,7,10,13H2,1-2H3,(H,23,26). The third-order valence-electron chi connectivity index (χ3n) is 4.98. The molecule has 0 radical (unpaired) electrons. The third kappa shape index (κ3) is 3.58. The van der Waals surface area contributed by atoms with Crippen LogP contribution in [0.1, 0.15) is 28.2 Å². The van der Waals surface area contributed by atoms with Gasteiger partial charge in [0.25, 0.3) is 5.91 Å². The van der Waals surface area contributed by atoms with Crippen molar-refractivity contribution < 1.29 is 14.3 Å². The van der Waals surface area contributed by atoms with E-state index in [-0.39, 0.29) is 5.91 Å². The van der Waals surface area contributed by atoms with Crippen molar-refractivity contribution in [2.45, 2.75) is 25.9 Å². The molecule has 4 rings (SSSR count). The fourth-order valence-electron chi connectivity index (χ4n) is 3.50. The van der Waals surface area contributed by atoms with Crippen molar-refractivity contribution >= 4 is 5.91 Å². The Morgan fingerprint density at radius 2 is 2.00 bits per heavy atom. The van der Waals surface area contributed by atoms with Crippen molar-refractivity contribution in [2.24, 2.45) is 0 Å². The number of rotatable bonds is 6. The molecule has 0 fully saturated rings. The highest BCUT2D eigenvalue weighted by Gasteiger charge is 2.15. The number of nitrogens with one attached hydrogen (secondary N) is 1. The fourth-order valence-corrected chi connectivity index (χ4v) is 3.50. The average Bonchev–Trinajstić information content (AvgIpc) is 3.34. The smallest absolute Gasteiger partial charge is 0.251 e. The van der Waals surface area contributed by atoms with E-state index in [9.17, 15) is 4.79 Å². The summed E-state index contributed by atoms with van der Waals surface area (Å²) in [6, 6.07) is 13.3. The summed E-state index contributed by atoms with van der Waals surface area (Å²) in [6.45, 7) is 1.48. The number of imidazole rings is 1. The van der Waals surface area contributed by atoms with Gasteiger partial charge in [-0.2, -0.15) is 0 Å². The third-order valence-corrected chi connectivity index (χ3v) is 4.98. The van der Waals surface area contributed by atoms with Crippen LogP contribution in [-0.2, 0) is 19.5 Å². The van der Waals surface area contributed by atoms with E-state index in [2.05, 4.69) is 28.2 Å². The fraction of sp³-hybridized carbons (Fsp3) is 0.273. The molecular formula is C22H23N3O3. The maximum Gasteiger partial charge on any atom is 0.251 e. The highest BCUT2D eigenvalue weighted by atomic mass is 16.5. The monoisotopic (exact) mass is 377 g/mol. The molecule has 1 aliphatic heterocycles. The van der Waals surface area contributed by atoms with Crippen LogP contribution in [0, 0.1) is 0 Å². The molecule has 1 aliphatic rings. The first-order chi connectivity index (χ1) is 13.7. The lowest BCUT2D eigenvalue weighted by atomic mass is 10.1. The molecule has 0 saturated heterocycles. The van der Waals surface area contributed by atoms with E-state index in [4.69, 9.17) is 14.5 Å². The van der Waals surface area contributed by atoms with Crippen molar-refractivity contribution in [3.05, 3.63) is 65.6 Å². The molecule has 3 aromatic rings. The van der Waals surface area contributed by atoms with Gasteiger partial charge in [-0.15, -0.1) is 0 Å². The Hall–Kier alpha value is -3.28. The van der Waals surface area contributed by atoms with Crippen LogP contribution in [-0.4, -0.2) is 29.7 Å². The SMILES string of the molecule is COc1ccc(C(=O)NCc2cccc(-c3cn4c(n3)CCC4)c2)cc1OC. The number of ether oxygens (including phenoxy) is 2. The number of carbonyl (C=O) groups is 1. The molecule has 0 bridgehead atoms. The predicted molar refractivity (Wildman–Crippen MR) is 107 cm³/mol. The molecule has 0 unspecified atom stereocenters. The molecule has 0 saturated carbocycles. The Kier molecular flexibility index (Phi) is 5.02. The van der Waals surface area contributed by atoms with Gasteiger partial charge in [-0.25, -0.2) is 4.98 Å². The van der Waals surface area contributed by atoms with Gasteiger partial charge >= 0.3 is 0 Å². The molecule has 0 aliphatic carbocycles. The second kappa shape index (κ2) is 7.76. The second-order valence-corrected chi connectivity index (χ2v) is 6.79. The number of hydrogen-bond acceptors (Lipinski definition) is 4. The van der Waals surface area contributed by atoms with Crippen LogP contribution in [0.5, 0.6) is 11.5 Å². The first-order valence-corrected chi connectivity index (χ1v) is 9.33. The minimum atomic E-state index is -0.160. The number of benzene rings is 2. The Bertz CT molecular complexity index is 989. The van der Waals surface area contributed by atoms with Crippen molar-refractivity contribution in [3.8, 4) is 22.8 Å². The molecule has 2 aromatic carbocycles. The largest absolute Gasteiger partial charge is 0.493 e. The average molecular weight is 377 g/mol. The van der Waals surface area contributed by atoms with E-state index in [1.807, 2.05) is 12.1 Å². The van der Waals surface area contributed by atoms with Gasteiger partial charge in [-0.05, 0) is 36.2 Å². The van der Waals surface area contributed by atoms with Crippen LogP contribution < -0.4 is 14.8 Å². The lowest BCUT2D eigenvalue weighted by Gasteiger charge is -2.10. The van der Waals surface area contributed by atoms with Crippen LogP contribution in [0.2, 0.25) is 0 Å². The minimum absolute atomic E-state index is 0.160. The van der Waals surface area contributed by atoms with Gasteiger partial charge in [0.1, 0.15) is 5.82 Å². The van der Waals surface area contributed by atoms with Gasteiger partial charge in [0.15, 0.2) is 11.5 Å². The Balaban J connectivity index is 1.45. The topological polar surface area (TPSA) is 65.4 Å². The van der Waals surface area contributed by atoms with Crippen molar-refractivity contribution in [2.75, 3.05) is 14.2 Å². The first-order valence-electron chi connectivity index (χ1n) is 9.33. The van der Waals surface area contributed by atoms with Gasteiger partial charge in [-0.1, -0.05) is 18.2 Å². The zero-order valence-electron chi connectivity index (χ0n) is 16.1. The summed E-state index contributed by atoms with van der Waals surface area (Å²) in [7, 11) is 3.12. The van der Waals surface area contributed by atoms with E-state index < -0.39 is 0 Å². The summed E-state index contributed by atoms with van der Waals surface area (Å²) in [5.41, 5.74) is 3.61. The van der Waals surface area contributed by atoms with Gasteiger partial charge in [-0.3, -0.25) is 4.79 Å². The zero-order chi connectivity index (χ0) is 19.5. The summed E-state index contributed by atoms with van der Waals surface area (Å²) >= 11 is 0. The molecule has 6 nitrogen and oxygen atoms in total. The number of aryl methyl sites for hydroxylation is 2. The van der Waals surface area contributed by atoms with E-state index >= 15 is 0 Å². The molecule has 0 spiro atoms. The summed E-state index contributed by atoms with van der Waals surface area (Å²) in [5.74, 6) is 2.12. The zero-order valence-corrected chi connectivity index (χ0v) is 16.1. The van der Waals surface area contributed by atoms with Crippen molar-refractivity contribution in [3.63, 3.8) is 0 Å². The lowest BCUT2D eigenvalue weighted by Crippen LogP contribution is -2.22. The maximum absolute atomic E-state index is 12.5. The lowest BCUT2D eigenvalue weighted by molar-refractivity contribution is 0.0950. The summed E-state index contributed by atoms with van der Waals surface area (Å²) in [4.78, 5) is 17.2. The summed E-state index contributed by atoms with van der Waals surface area (Å²) in [6.07, 6.45) is 4.33. The molecule has 0 atom stereocenters. The Morgan fingerprint density at radius 1 is 1.14 bits per heavy atom. The second-order valence-electron chi connectivity index (χ2n) is 6.79. The van der Waals surface area contributed by atoms with E-state index in [1.54, 1.807) is 32.4 Å². The Labute approximate surface area is 164 Å². The summed E-state index contributed by atoms with van der Waals surface area (Å²) < 4.78 is 12.7. The minimum Gasteiger partial charge on any atom is -0.493 e. The molecule has 1 amide bonds. The molecule has 28 heavy (non-hydrogen) atoms. The van der Waals surface area contributed by atoms with Crippen molar-refractivity contribution in [1.82, 2.24) is 14.9 Å². The maximum atomic E-state index is 12.5. The van der Waals surface area contributed by atoms with Crippen LogP contribution in [0.25, 0.3) is 11.3 Å². The molecule has 2 heterocycles. The van der Waals surface area contributed by atoms with Crippen LogP contribution in [0.15, 0.2) is 48.7 Å². The number of amides is 1. The number of nitrogens with zero attached hydrogens (tertiary/aromatic N) is 2. The molecular weight excluding hydrogens is 354 g/mol. The van der Waals surface area contributed by atoms with Crippen LogP contribution in [0.4, 0.5) is 0 Å². The van der Waals surface area contributed by atoms with Crippen LogP contribution in [0.3, 0.4) is 0 Å². The van der Waals surface area contributed by atoms with E-state index in [0.717, 1.165) is 35.6 Å². The van der Waals surface area contributed by atoms with Crippen molar-refractivity contribution in [1.29, 1.82) is 0 Å². The predicted octanol–water partition coefficient (Wildman–Crippen LogP) is 3.44. The summed E-state index contributed by atoms with van der Waals surface area (Å²) in [5, 5.41) is 2.96. The Morgan fingerprint density at radius 3 is 2.79 bits per heavy atom. The van der Waals surface area contributed by atoms with Crippen LogP contribution >= 0.6 is 0 Å². The first kappa shape index (κ1) is 18.1. The van der Waals surface area contributed by atoms with Gasteiger partial charge in [0.2, 0.25) is 0 Å². The van der Waals surface area contributed by atoms with E-state index in [1.165, 1.54) is 6.42 Å². The van der Waals surface area contributed by atoms with Gasteiger partial charge < -0.3 is 19.4 Å². The number of methoxy groups -OCH3 is 2. The number of fused-ring (bicyclic) bond motifs is 1. The normalized spacial score (nSPS) is 12.5. The number of hydrogen-bond donors (Lipinski definition) is 1. The van der Waals surface area contributed by atoms with Gasteiger partial charge in [0, 0.05) is 36.8 Å². The molecule has 1 aromatic heterocycles. The highest BCUT2D eigenvalue weighted by Crippen LogP contribution is 2.27. The molecule has 1 N–H and O–H groups in total. The number of aromatic nitrogens is 2. The van der Waals surface area contributed by atoms with E-state index in [0.29, 0.717) is 23.6 Å². The quantitative estimate of drug-likeness (QED) is 0.715. The molecule has 144 valence electrons. The van der Waals surface area contributed by atoms with Gasteiger partial charge in [0.05, 0.1) is 19.9 Å². The molecule has 6 heteroatoms. The highest BCUT2D eigenvalue weighted by molar-refractivity contribution is 5.94.